The third kappa shape index (κ3) is 28.7. The van der Waals surface area contributed by atoms with Crippen LogP contribution in [-0.2, 0) is 16.8 Å². The maximum absolute atomic E-state index is 6.25. The molecule has 0 bridgehead atoms. The van der Waals surface area contributed by atoms with E-state index < -0.39 is 0 Å². The fourth-order valence-corrected chi connectivity index (χ4v) is 3.35. The van der Waals surface area contributed by atoms with Crippen molar-refractivity contribution in [3.05, 3.63) is 107 Å². The Morgan fingerprint density at radius 1 is 0.423 bits per heavy atom. The van der Waals surface area contributed by atoms with Crippen LogP contribution in [0.25, 0.3) is 0 Å². The number of rotatable bonds is 2. The van der Waals surface area contributed by atoms with Crippen LogP contribution >= 0.6 is 0 Å². The van der Waals surface area contributed by atoms with Crippen molar-refractivity contribution in [2.75, 3.05) is 0 Å². The zero-order chi connectivity index (χ0) is 20.9. The molecule has 0 atom stereocenters. The molecule has 0 saturated heterocycles. The van der Waals surface area contributed by atoms with E-state index in [1.165, 1.54) is 7.14 Å². The number of hydrogen-bond donors (Lipinski definition) is 0. The van der Waals surface area contributed by atoms with Gasteiger partial charge in [0.2, 0.25) is 0 Å². The molecule has 26 heavy (non-hydrogen) atoms. The first kappa shape index (κ1) is 38.3. The Bertz CT molecular complexity index is 520. The second-order valence-electron chi connectivity index (χ2n) is 2.69. The van der Waals surface area contributed by atoms with E-state index in [1.54, 1.807) is 0 Å². The van der Waals surface area contributed by atoms with Gasteiger partial charge in [-0.1, -0.05) is 36.4 Å². The van der Waals surface area contributed by atoms with Gasteiger partial charge in [0, 0.05) is 16.8 Å². The summed E-state index contributed by atoms with van der Waals surface area (Å²) in [6, 6.07) is 21.4. The monoisotopic (exact) mass is 496 g/mol. The molecule has 2 rings (SSSR count). The first-order valence-electron chi connectivity index (χ1n) is 5.54. The number of nitrogens with zero attached hydrogens (tertiary/aromatic N) is 6. The standard InChI is InChI=1S/C12H10I.6CN.Co/c1-3-7-11(8-4-1)13-12-9-5-2-6-10-12;6*1-2;/h1-10H;;;;;;;/q+1;6*-1;. The van der Waals surface area contributed by atoms with Gasteiger partial charge in [0.1, 0.15) is 0 Å². The summed E-state index contributed by atoms with van der Waals surface area (Å²) < 4.78 is 2.96. The third-order valence-electron chi connectivity index (χ3n) is 1.68. The topological polar surface area (TPSA) is 143 Å². The summed E-state index contributed by atoms with van der Waals surface area (Å²) in [5, 5.41) is 37.5. The predicted octanol–water partition coefficient (Wildman–Crippen LogP) is 0.391. The van der Waals surface area contributed by atoms with Gasteiger partial charge in [-0.15, -0.1) is 0 Å². The van der Waals surface area contributed by atoms with E-state index in [2.05, 4.69) is 60.7 Å². The molecular formula is C18H10CoIN6-5. The van der Waals surface area contributed by atoms with Gasteiger partial charge in [-0.3, -0.25) is 0 Å². The number of hydrogen-bond acceptors (Lipinski definition) is 6. The van der Waals surface area contributed by atoms with Gasteiger partial charge in [0.25, 0.3) is 0 Å². The fourth-order valence-electron chi connectivity index (χ4n) is 1.08. The van der Waals surface area contributed by atoms with Crippen molar-refractivity contribution in [1.82, 2.24) is 0 Å². The minimum atomic E-state index is 0. The molecule has 2 aromatic rings. The molecule has 0 aliphatic heterocycles. The second kappa shape index (κ2) is 49.6. The Hall–Kier alpha value is -3.38. The van der Waals surface area contributed by atoms with E-state index in [1.807, 2.05) is 0 Å². The SMILES string of the molecule is [C-]#N.[C-]#N.[C-]#N.[C-]#N.[C-]#N.[C-]#N.[Co].c1ccc([I+]c2ccccc2)cc1. The van der Waals surface area contributed by atoms with Gasteiger partial charge >= 0.3 is 21.2 Å². The second-order valence-corrected chi connectivity index (χ2v) is 5.72. The van der Waals surface area contributed by atoms with E-state index in [0.29, 0.717) is 0 Å². The zero-order valence-corrected chi connectivity index (χ0v) is 16.4. The molecule has 0 heterocycles. The summed E-state index contributed by atoms with van der Waals surface area (Å²) in [4.78, 5) is 0. The van der Waals surface area contributed by atoms with Crippen LogP contribution in [0, 0.1) is 78.1 Å². The molecule has 0 N–H and O–H groups in total. The Labute approximate surface area is 176 Å². The summed E-state index contributed by atoms with van der Waals surface area (Å²) in [5.74, 6) is 0. The van der Waals surface area contributed by atoms with Crippen LogP contribution in [0.4, 0.5) is 0 Å². The summed E-state index contributed by atoms with van der Waals surface area (Å²) in [6.07, 6.45) is 0. The van der Waals surface area contributed by atoms with Crippen molar-refractivity contribution in [2.24, 2.45) is 0 Å². The van der Waals surface area contributed by atoms with Crippen LogP contribution in [0.1, 0.15) is 0 Å². The van der Waals surface area contributed by atoms with Crippen LogP contribution in [0.5, 0.6) is 0 Å². The van der Waals surface area contributed by atoms with Crippen LogP contribution in [0.15, 0.2) is 60.7 Å². The first-order valence-corrected chi connectivity index (χ1v) is 7.70. The molecule has 0 fully saturated rings. The maximum Gasteiger partial charge on any atom is 0.357 e. The van der Waals surface area contributed by atoms with E-state index in [-0.39, 0.29) is 38.0 Å². The van der Waals surface area contributed by atoms with Crippen LogP contribution in [0.2, 0.25) is 0 Å². The number of halogens is 1. The van der Waals surface area contributed by atoms with E-state index in [4.69, 9.17) is 71.0 Å². The van der Waals surface area contributed by atoms with Crippen LogP contribution in [-0.4, -0.2) is 0 Å². The molecule has 1 radical (unpaired) electrons. The molecule has 6 nitrogen and oxygen atoms in total. The number of benzene rings is 2. The summed E-state index contributed by atoms with van der Waals surface area (Å²) in [7, 11) is 0. The quantitative estimate of drug-likeness (QED) is 0.435. The predicted molar refractivity (Wildman–Crippen MR) is 80.1 cm³/mol. The Morgan fingerprint density at radius 3 is 0.808 bits per heavy atom. The van der Waals surface area contributed by atoms with Crippen molar-refractivity contribution in [2.45, 2.75) is 0 Å². The fraction of sp³-hybridized carbons (Fsp3) is 0. The van der Waals surface area contributed by atoms with Gasteiger partial charge in [-0.25, -0.2) is 0 Å². The van der Waals surface area contributed by atoms with Gasteiger partial charge < -0.3 is 71.0 Å². The molecule has 8 heteroatoms. The van der Waals surface area contributed by atoms with E-state index in [9.17, 15) is 0 Å². The minimum Gasteiger partial charge on any atom is -0.512 e. The van der Waals surface area contributed by atoms with Crippen molar-refractivity contribution < 1.29 is 38.0 Å². The normalized spacial score (nSPS) is 5.38. The van der Waals surface area contributed by atoms with Crippen molar-refractivity contribution in [3.63, 3.8) is 0 Å². The Morgan fingerprint density at radius 2 is 0.615 bits per heavy atom. The molecule has 0 aliphatic rings. The molecule has 2 aromatic carbocycles. The molecule has 0 aliphatic carbocycles. The van der Waals surface area contributed by atoms with Crippen molar-refractivity contribution >= 4 is 0 Å². The molecule has 0 aromatic heterocycles. The van der Waals surface area contributed by atoms with Gasteiger partial charge in [0.15, 0.2) is 7.14 Å². The van der Waals surface area contributed by atoms with E-state index in [0.717, 1.165) is 0 Å². The molecule has 133 valence electrons. The van der Waals surface area contributed by atoms with Crippen LogP contribution in [0.3, 0.4) is 0 Å². The third-order valence-corrected chi connectivity index (χ3v) is 4.37. The molecule has 0 amide bonds. The van der Waals surface area contributed by atoms with E-state index >= 15 is 0 Å². The van der Waals surface area contributed by atoms with Gasteiger partial charge in [-0.05, 0) is 24.3 Å². The smallest absolute Gasteiger partial charge is 0.357 e. The average Bonchev–Trinajstić information content (AvgIpc) is 2.78. The van der Waals surface area contributed by atoms with Crippen molar-refractivity contribution in [1.29, 1.82) is 31.6 Å². The molecule has 0 unspecified atom stereocenters. The van der Waals surface area contributed by atoms with Crippen molar-refractivity contribution in [3.8, 4) is 0 Å². The summed E-state index contributed by atoms with van der Waals surface area (Å²) in [6.45, 7) is 28.5. The molecule has 0 spiro atoms. The maximum atomic E-state index is 6.25. The average molecular weight is 496 g/mol. The zero-order valence-electron chi connectivity index (χ0n) is 13.2. The minimum absolute atomic E-state index is 0. The van der Waals surface area contributed by atoms with Gasteiger partial charge in [-0.2, -0.15) is 0 Å². The molecular weight excluding hydrogens is 486 g/mol. The summed E-state index contributed by atoms with van der Waals surface area (Å²) >= 11 is 0.0287. The Balaban J connectivity index is -0.0000000663. The summed E-state index contributed by atoms with van der Waals surface area (Å²) in [5.41, 5.74) is 0. The van der Waals surface area contributed by atoms with Gasteiger partial charge in [0.05, 0.1) is 0 Å². The van der Waals surface area contributed by atoms with Crippen LogP contribution < -0.4 is 21.2 Å². The largest absolute Gasteiger partial charge is 0.512 e. The first-order chi connectivity index (χ1) is 12.4. The molecule has 0 saturated carbocycles. The Kier molecular flexibility index (Phi) is 73.0.